The highest BCUT2D eigenvalue weighted by Crippen LogP contribution is 2.11. The van der Waals surface area contributed by atoms with E-state index in [4.69, 9.17) is 15.2 Å². The molecule has 4 heteroatoms. The summed E-state index contributed by atoms with van der Waals surface area (Å²) in [5, 5.41) is 0. The molecule has 0 bridgehead atoms. The van der Waals surface area contributed by atoms with Gasteiger partial charge in [0.05, 0.1) is 12.3 Å². The van der Waals surface area contributed by atoms with Crippen LogP contribution in [-0.4, -0.2) is 18.9 Å². The van der Waals surface area contributed by atoms with E-state index in [1.807, 2.05) is 6.92 Å². The molecule has 0 radical (unpaired) electrons. The van der Waals surface area contributed by atoms with Crippen molar-refractivity contribution < 1.29 is 14.3 Å². The highest BCUT2D eigenvalue weighted by molar-refractivity contribution is 5.85. The molecule has 11 heavy (non-hydrogen) atoms. The molecule has 0 saturated heterocycles. The summed E-state index contributed by atoms with van der Waals surface area (Å²) in [6, 6.07) is 0. The van der Waals surface area contributed by atoms with Crippen LogP contribution in [0.4, 0.5) is 0 Å². The van der Waals surface area contributed by atoms with Crippen LogP contribution in [0.25, 0.3) is 0 Å². The minimum absolute atomic E-state index is 0.350. The summed E-state index contributed by atoms with van der Waals surface area (Å²) in [6.07, 6.45) is 1.46. The highest BCUT2D eigenvalue weighted by Gasteiger charge is 2.23. The first-order chi connectivity index (χ1) is 5.24. The van der Waals surface area contributed by atoms with E-state index >= 15 is 0 Å². The number of nitrogens with two attached hydrogens (primary N) is 1. The molecular formula is C7H11NO3. The van der Waals surface area contributed by atoms with Gasteiger partial charge >= 0.3 is 5.97 Å². The molecule has 0 aromatic rings. The Labute approximate surface area is 65.0 Å². The standard InChI is InChI=1S/C7H11NO3/c1-2-3-10-7-5(8)4-6(9)11-7/h4,7H,2-3,8H2,1H3. The summed E-state index contributed by atoms with van der Waals surface area (Å²) in [5.41, 5.74) is 5.75. The van der Waals surface area contributed by atoms with Gasteiger partial charge in [-0.2, -0.15) is 0 Å². The van der Waals surface area contributed by atoms with Crippen LogP contribution in [0.15, 0.2) is 11.8 Å². The second-order valence-electron chi connectivity index (χ2n) is 2.28. The predicted octanol–water partition coefficient (Wildman–Crippen LogP) is 0.139. The van der Waals surface area contributed by atoms with Gasteiger partial charge in [-0.15, -0.1) is 0 Å². The van der Waals surface area contributed by atoms with Crippen molar-refractivity contribution in [2.75, 3.05) is 6.61 Å². The number of esters is 1. The Kier molecular flexibility index (Phi) is 2.48. The van der Waals surface area contributed by atoms with Crippen molar-refractivity contribution >= 4 is 5.97 Å². The van der Waals surface area contributed by atoms with Crippen LogP contribution >= 0.6 is 0 Å². The maximum Gasteiger partial charge on any atom is 0.335 e. The summed E-state index contributed by atoms with van der Waals surface area (Å²) in [6.45, 7) is 2.52. The summed E-state index contributed by atoms with van der Waals surface area (Å²) in [5.74, 6) is -0.427. The van der Waals surface area contributed by atoms with Gasteiger partial charge in [-0.25, -0.2) is 4.79 Å². The first-order valence-corrected chi connectivity index (χ1v) is 3.53. The van der Waals surface area contributed by atoms with Gasteiger partial charge in [0.15, 0.2) is 0 Å². The zero-order valence-electron chi connectivity index (χ0n) is 6.37. The molecule has 62 valence electrons. The van der Waals surface area contributed by atoms with Crippen molar-refractivity contribution in [2.24, 2.45) is 5.73 Å². The summed E-state index contributed by atoms with van der Waals surface area (Å²) < 4.78 is 9.80. The molecule has 2 N–H and O–H groups in total. The van der Waals surface area contributed by atoms with E-state index in [0.717, 1.165) is 6.42 Å². The van der Waals surface area contributed by atoms with Crippen LogP contribution in [0.3, 0.4) is 0 Å². The summed E-state index contributed by atoms with van der Waals surface area (Å²) in [4.78, 5) is 10.6. The Hall–Kier alpha value is -1.03. The van der Waals surface area contributed by atoms with E-state index in [-0.39, 0.29) is 0 Å². The molecule has 1 rings (SSSR count). The average molecular weight is 157 g/mol. The lowest BCUT2D eigenvalue weighted by molar-refractivity contribution is -0.159. The number of carbonyl (C=O) groups is 1. The molecule has 0 saturated carbocycles. The lowest BCUT2D eigenvalue weighted by Gasteiger charge is -2.10. The number of carbonyl (C=O) groups excluding carboxylic acids is 1. The Balaban J connectivity index is 2.38. The van der Waals surface area contributed by atoms with E-state index in [1.54, 1.807) is 0 Å². The van der Waals surface area contributed by atoms with E-state index in [1.165, 1.54) is 6.08 Å². The van der Waals surface area contributed by atoms with Gasteiger partial charge in [-0.3, -0.25) is 0 Å². The first-order valence-electron chi connectivity index (χ1n) is 3.53. The highest BCUT2D eigenvalue weighted by atomic mass is 16.7. The number of ether oxygens (including phenoxy) is 2. The fourth-order valence-corrected chi connectivity index (χ4v) is 0.767. The van der Waals surface area contributed by atoms with Crippen LogP contribution in [0.1, 0.15) is 13.3 Å². The third-order valence-electron chi connectivity index (χ3n) is 1.25. The van der Waals surface area contributed by atoms with Crippen molar-refractivity contribution in [1.29, 1.82) is 0 Å². The van der Waals surface area contributed by atoms with E-state index in [2.05, 4.69) is 0 Å². The molecule has 1 heterocycles. The lowest BCUT2D eigenvalue weighted by Crippen LogP contribution is -2.20. The monoisotopic (exact) mass is 157 g/mol. The fourth-order valence-electron chi connectivity index (χ4n) is 0.767. The molecule has 0 fully saturated rings. The van der Waals surface area contributed by atoms with Crippen LogP contribution in [0, 0.1) is 0 Å². The number of hydrogen-bond acceptors (Lipinski definition) is 4. The van der Waals surface area contributed by atoms with Gasteiger partial charge in [0.2, 0.25) is 6.29 Å². The Morgan fingerprint density at radius 1 is 1.82 bits per heavy atom. The smallest absolute Gasteiger partial charge is 0.335 e. The quantitative estimate of drug-likeness (QED) is 0.592. The molecule has 1 aliphatic heterocycles. The van der Waals surface area contributed by atoms with E-state index in [9.17, 15) is 4.79 Å². The van der Waals surface area contributed by atoms with E-state index in [0.29, 0.717) is 12.3 Å². The average Bonchev–Trinajstić information content (AvgIpc) is 2.26. The van der Waals surface area contributed by atoms with Crippen molar-refractivity contribution in [3.63, 3.8) is 0 Å². The molecule has 0 aromatic carbocycles. The Morgan fingerprint density at radius 3 is 3.00 bits per heavy atom. The SMILES string of the molecule is CCCOC1OC(=O)C=C1N. The molecular weight excluding hydrogens is 146 g/mol. The third-order valence-corrected chi connectivity index (χ3v) is 1.25. The molecule has 1 atom stereocenters. The van der Waals surface area contributed by atoms with Crippen molar-refractivity contribution in [3.05, 3.63) is 11.8 Å². The maximum absolute atomic E-state index is 10.6. The minimum Gasteiger partial charge on any atom is -0.426 e. The van der Waals surface area contributed by atoms with Crippen molar-refractivity contribution in [1.82, 2.24) is 0 Å². The number of hydrogen-bond donors (Lipinski definition) is 1. The zero-order valence-corrected chi connectivity index (χ0v) is 6.37. The Morgan fingerprint density at radius 2 is 2.55 bits per heavy atom. The van der Waals surface area contributed by atoms with Gasteiger partial charge in [-0.1, -0.05) is 6.92 Å². The van der Waals surface area contributed by atoms with Crippen LogP contribution in [0.2, 0.25) is 0 Å². The minimum atomic E-state index is -0.651. The molecule has 4 nitrogen and oxygen atoms in total. The third kappa shape index (κ3) is 1.94. The largest absolute Gasteiger partial charge is 0.426 e. The molecule has 1 aliphatic rings. The van der Waals surface area contributed by atoms with Crippen molar-refractivity contribution in [3.8, 4) is 0 Å². The lowest BCUT2D eigenvalue weighted by atomic mass is 10.4. The Bertz CT molecular complexity index is 188. The predicted molar refractivity (Wildman–Crippen MR) is 38.4 cm³/mol. The van der Waals surface area contributed by atoms with Crippen LogP contribution in [0.5, 0.6) is 0 Å². The molecule has 1 unspecified atom stereocenters. The topological polar surface area (TPSA) is 61.5 Å². The van der Waals surface area contributed by atoms with Gasteiger partial charge in [0.1, 0.15) is 0 Å². The van der Waals surface area contributed by atoms with Gasteiger partial charge in [-0.05, 0) is 6.42 Å². The van der Waals surface area contributed by atoms with Gasteiger partial charge in [0, 0.05) is 6.08 Å². The normalized spacial score (nSPS) is 23.2. The number of rotatable bonds is 3. The maximum atomic E-state index is 10.6. The van der Waals surface area contributed by atoms with Crippen LogP contribution < -0.4 is 5.73 Å². The molecule has 0 amide bonds. The molecule has 0 aromatic heterocycles. The molecule has 0 aliphatic carbocycles. The number of cyclic esters (lactones) is 1. The summed E-state index contributed by atoms with van der Waals surface area (Å²) >= 11 is 0. The van der Waals surface area contributed by atoms with E-state index < -0.39 is 12.3 Å². The van der Waals surface area contributed by atoms with Crippen LogP contribution in [-0.2, 0) is 14.3 Å². The second kappa shape index (κ2) is 3.39. The molecule has 0 spiro atoms. The fraction of sp³-hybridized carbons (Fsp3) is 0.571. The summed E-state index contributed by atoms with van der Waals surface area (Å²) in [7, 11) is 0. The van der Waals surface area contributed by atoms with Crippen molar-refractivity contribution in [2.45, 2.75) is 19.6 Å². The second-order valence-corrected chi connectivity index (χ2v) is 2.28. The first kappa shape index (κ1) is 8.07. The van der Waals surface area contributed by atoms with Gasteiger partial charge in [0.25, 0.3) is 0 Å². The zero-order chi connectivity index (χ0) is 8.27. The van der Waals surface area contributed by atoms with Gasteiger partial charge < -0.3 is 15.2 Å².